The molecule has 0 unspecified atom stereocenters. The first-order valence-electron chi connectivity index (χ1n) is 7.60. The number of halogens is 3. The van der Waals surface area contributed by atoms with Crippen LogP contribution in [0.2, 0.25) is 0 Å². The van der Waals surface area contributed by atoms with Gasteiger partial charge in [0.05, 0.1) is 0 Å². The molecule has 3 rings (SSSR count). The van der Waals surface area contributed by atoms with Crippen molar-refractivity contribution in [2.24, 2.45) is 0 Å². The molecule has 24 heavy (non-hydrogen) atoms. The van der Waals surface area contributed by atoms with Crippen LogP contribution in [0.25, 0.3) is 0 Å². The molecule has 2 aromatic rings. The van der Waals surface area contributed by atoms with Crippen LogP contribution in [0.5, 0.6) is 17.2 Å². The molecule has 128 valence electrons. The lowest BCUT2D eigenvalue weighted by Gasteiger charge is -2.30. The Labute approximate surface area is 137 Å². The second-order valence-corrected chi connectivity index (χ2v) is 5.33. The zero-order valence-electron chi connectivity index (χ0n) is 12.8. The van der Waals surface area contributed by atoms with Crippen molar-refractivity contribution < 1.29 is 22.6 Å². The number of hydrogen-bond acceptors (Lipinski definition) is 4. The van der Waals surface area contributed by atoms with Crippen LogP contribution in [0.4, 0.5) is 18.9 Å². The Morgan fingerprint density at radius 3 is 2.29 bits per heavy atom. The van der Waals surface area contributed by atoms with Crippen molar-refractivity contribution in [2.75, 3.05) is 31.1 Å². The van der Waals surface area contributed by atoms with Crippen molar-refractivity contribution in [3.63, 3.8) is 0 Å². The summed E-state index contributed by atoms with van der Waals surface area (Å²) >= 11 is 0. The minimum atomic E-state index is -4.77. The van der Waals surface area contributed by atoms with Gasteiger partial charge < -0.3 is 19.7 Å². The normalized spacial score (nSPS) is 15.2. The molecule has 1 aliphatic rings. The molecule has 2 aromatic carbocycles. The number of benzene rings is 2. The number of piperazine rings is 1. The van der Waals surface area contributed by atoms with Crippen molar-refractivity contribution in [3.8, 4) is 17.2 Å². The first-order valence-corrected chi connectivity index (χ1v) is 7.60. The monoisotopic (exact) mass is 338 g/mol. The Bertz CT molecular complexity index is 671. The first-order chi connectivity index (χ1) is 11.5. The van der Waals surface area contributed by atoms with E-state index < -0.39 is 6.36 Å². The molecule has 1 N–H and O–H groups in total. The quantitative estimate of drug-likeness (QED) is 0.920. The van der Waals surface area contributed by atoms with Crippen LogP contribution in [0.3, 0.4) is 0 Å². The maximum absolute atomic E-state index is 12.6. The lowest BCUT2D eigenvalue weighted by atomic mass is 10.2. The van der Waals surface area contributed by atoms with Crippen LogP contribution >= 0.6 is 0 Å². The van der Waals surface area contributed by atoms with E-state index in [1.54, 1.807) is 42.5 Å². The van der Waals surface area contributed by atoms with Gasteiger partial charge in [-0.05, 0) is 24.3 Å². The van der Waals surface area contributed by atoms with Gasteiger partial charge in [-0.3, -0.25) is 0 Å². The molecule has 0 spiro atoms. The van der Waals surface area contributed by atoms with E-state index in [9.17, 15) is 13.2 Å². The van der Waals surface area contributed by atoms with Crippen molar-refractivity contribution in [2.45, 2.75) is 6.36 Å². The topological polar surface area (TPSA) is 33.7 Å². The third kappa shape index (κ3) is 4.32. The molecular weight excluding hydrogens is 321 g/mol. The molecule has 0 bridgehead atoms. The summed E-state index contributed by atoms with van der Waals surface area (Å²) < 4.78 is 47.6. The highest BCUT2D eigenvalue weighted by Crippen LogP contribution is 2.38. The van der Waals surface area contributed by atoms with Gasteiger partial charge in [-0.2, -0.15) is 0 Å². The molecule has 4 nitrogen and oxygen atoms in total. The highest BCUT2D eigenvalue weighted by atomic mass is 19.4. The number of anilines is 1. The van der Waals surface area contributed by atoms with Gasteiger partial charge in [-0.15, -0.1) is 13.2 Å². The van der Waals surface area contributed by atoms with Crippen LogP contribution < -0.4 is 19.7 Å². The summed E-state index contributed by atoms with van der Waals surface area (Å²) in [5.74, 6) is 0.127. The third-order valence-corrected chi connectivity index (χ3v) is 3.61. The lowest BCUT2D eigenvalue weighted by Crippen LogP contribution is -2.43. The number of nitrogens with zero attached hydrogens (tertiary/aromatic N) is 1. The van der Waals surface area contributed by atoms with E-state index >= 15 is 0 Å². The molecule has 1 fully saturated rings. The van der Waals surface area contributed by atoms with E-state index in [1.165, 1.54) is 6.07 Å². The maximum atomic E-state index is 12.6. The number of ether oxygens (including phenoxy) is 2. The Balaban J connectivity index is 1.90. The lowest BCUT2D eigenvalue weighted by molar-refractivity contribution is -0.275. The highest BCUT2D eigenvalue weighted by molar-refractivity contribution is 5.57. The largest absolute Gasteiger partial charge is 0.573 e. The average molecular weight is 338 g/mol. The molecule has 0 radical (unpaired) electrons. The van der Waals surface area contributed by atoms with E-state index in [2.05, 4.69) is 15.0 Å². The number of hydrogen-bond donors (Lipinski definition) is 1. The zero-order valence-corrected chi connectivity index (χ0v) is 12.8. The van der Waals surface area contributed by atoms with E-state index in [0.29, 0.717) is 5.75 Å². The average Bonchev–Trinajstić information content (AvgIpc) is 2.57. The molecule has 1 saturated heterocycles. The third-order valence-electron chi connectivity index (χ3n) is 3.61. The summed E-state index contributed by atoms with van der Waals surface area (Å²) in [7, 11) is 0. The SMILES string of the molecule is FC(F)(F)Oc1ccc(N2CCNCC2)cc1Oc1ccccc1. The molecule has 0 aromatic heterocycles. The van der Waals surface area contributed by atoms with Gasteiger partial charge in [-0.1, -0.05) is 18.2 Å². The molecule has 0 amide bonds. The smallest absolute Gasteiger partial charge is 0.453 e. The molecule has 0 saturated carbocycles. The van der Waals surface area contributed by atoms with Gasteiger partial charge in [0.2, 0.25) is 0 Å². The summed E-state index contributed by atoms with van der Waals surface area (Å²) in [6.07, 6.45) is -4.77. The van der Waals surface area contributed by atoms with Gasteiger partial charge in [0.1, 0.15) is 5.75 Å². The first kappa shape index (κ1) is 16.4. The minimum absolute atomic E-state index is 0.0366. The van der Waals surface area contributed by atoms with Crippen LogP contribution in [-0.4, -0.2) is 32.5 Å². The summed E-state index contributed by atoms with van der Waals surface area (Å²) in [4.78, 5) is 2.09. The Kier molecular flexibility index (Phi) is 4.80. The standard InChI is InChI=1S/C17H17F3N2O2/c18-17(19,20)24-15-7-6-13(22-10-8-21-9-11-22)12-16(15)23-14-4-2-1-3-5-14/h1-7,12,21H,8-11H2. The minimum Gasteiger partial charge on any atom is -0.453 e. The number of para-hydroxylation sites is 1. The summed E-state index contributed by atoms with van der Waals surface area (Å²) in [5.41, 5.74) is 0.803. The molecule has 0 aliphatic carbocycles. The summed E-state index contributed by atoms with van der Waals surface area (Å²) in [6, 6.07) is 13.1. The number of nitrogens with one attached hydrogen (secondary N) is 1. The highest BCUT2D eigenvalue weighted by Gasteiger charge is 2.32. The molecule has 7 heteroatoms. The van der Waals surface area contributed by atoms with Gasteiger partial charge in [0.15, 0.2) is 11.5 Å². The predicted octanol–water partition coefficient (Wildman–Crippen LogP) is 3.79. The Morgan fingerprint density at radius 2 is 1.62 bits per heavy atom. The van der Waals surface area contributed by atoms with Gasteiger partial charge in [0, 0.05) is 37.9 Å². The van der Waals surface area contributed by atoms with Crippen molar-refractivity contribution in [3.05, 3.63) is 48.5 Å². The van der Waals surface area contributed by atoms with Crippen molar-refractivity contribution >= 4 is 5.69 Å². The van der Waals surface area contributed by atoms with Gasteiger partial charge >= 0.3 is 6.36 Å². The van der Waals surface area contributed by atoms with Crippen molar-refractivity contribution in [1.82, 2.24) is 5.32 Å². The number of alkyl halides is 3. The second-order valence-electron chi connectivity index (χ2n) is 5.33. The van der Waals surface area contributed by atoms with E-state index in [0.717, 1.165) is 31.9 Å². The van der Waals surface area contributed by atoms with Gasteiger partial charge in [0.25, 0.3) is 0 Å². The molecular formula is C17H17F3N2O2. The molecule has 1 aliphatic heterocycles. The predicted molar refractivity (Wildman–Crippen MR) is 84.7 cm³/mol. The van der Waals surface area contributed by atoms with E-state index in [-0.39, 0.29) is 11.5 Å². The summed E-state index contributed by atoms with van der Waals surface area (Å²) in [5, 5.41) is 3.24. The van der Waals surface area contributed by atoms with Crippen LogP contribution in [0.1, 0.15) is 0 Å². The van der Waals surface area contributed by atoms with Crippen LogP contribution in [-0.2, 0) is 0 Å². The fourth-order valence-electron chi connectivity index (χ4n) is 2.52. The summed E-state index contributed by atoms with van der Waals surface area (Å²) in [6.45, 7) is 3.22. The van der Waals surface area contributed by atoms with Crippen LogP contribution in [0, 0.1) is 0 Å². The molecule has 0 atom stereocenters. The Hall–Kier alpha value is -2.41. The van der Waals surface area contributed by atoms with Crippen molar-refractivity contribution in [1.29, 1.82) is 0 Å². The van der Waals surface area contributed by atoms with Gasteiger partial charge in [-0.25, -0.2) is 0 Å². The zero-order chi connectivity index (χ0) is 17.0. The fraction of sp³-hybridized carbons (Fsp3) is 0.294. The molecule has 1 heterocycles. The second kappa shape index (κ2) is 7.00. The van der Waals surface area contributed by atoms with Crippen LogP contribution in [0.15, 0.2) is 48.5 Å². The maximum Gasteiger partial charge on any atom is 0.573 e. The Morgan fingerprint density at radius 1 is 0.917 bits per heavy atom. The van der Waals surface area contributed by atoms with E-state index in [4.69, 9.17) is 4.74 Å². The van der Waals surface area contributed by atoms with E-state index in [1.807, 2.05) is 0 Å². The fourth-order valence-corrected chi connectivity index (χ4v) is 2.52. The number of rotatable bonds is 4.